The lowest BCUT2D eigenvalue weighted by molar-refractivity contribution is 0.350. The average molecular weight is 280 g/mol. The van der Waals surface area contributed by atoms with E-state index in [2.05, 4.69) is 24.3 Å². The molecule has 19 heavy (non-hydrogen) atoms. The zero-order valence-electron chi connectivity index (χ0n) is 11.7. The van der Waals surface area contributed by atoms with Gasteiger partial charge in [0.05, 0.1) is 12.5 Å². The Labute approximate surface area is 120 Å². The van der Waals surface area contributed by atoms with Gasteiger partial charge in [0.1, 0.15) is 0 Å². The van der Waals surface area contributed by atoms with Crippen molar-refractivity contribution in [1.82, 2.24) is 0 Å². The van der Waals surface area contributed by atoms with E-state index < -0.39 is 0 Å². The van der Waals surface area contributed by atoms with Crippen LogP contribution in [-0.2, 0) is 10.2 Å². The third-order valence-electron chi connectivity index (χ3n) is 4.26. The lowest BCUT2D eigenvalue weighted by atomic mass is 9.75. The van der Waals surface area contributed by atoms with Gasteiger partial charge >= 0.3 is 0 Å². The fraction of sp³-hybridized carbons (Fsp3) is 0.562. The first-order valence-electron chi connectivity index (χ1n) is 6.93. The van der Waals surface area contributed by atoms with E-state index in [1.54, 1.807) is 7.11 Å². The number of rotatable bonds is 4. The highest BCUT2D eigenvalue weighted by atomic mass is 35.5. The summed E-state index contributed by atoms with van der Waals surface area (Å²) in [7, 11) is 1.59. The molecule has 0 aliphatic heterocycles. The molecule has 0 bridgehead atoms. The minimum Gasteiger partial charge on any atom is -0.484 e. The summed E-state index contributed by atoms with van der Waals surface area (Å²) in [4.78, 5) is 0. The Balaban J connectivity index is 2.33. The topological polar surface area (TPSA) is 33.1 Å². The summed E-state index contributed by atoms with van der Waals surface area (Å²) in [5.74, 6) is 0.381. The van der Waals surface area contributed by atoms with Crippen LogP contribution in [0, 0.1) is 5.41 Å². The van der Waals surface area contributed by atoms with Crippen molar-refractivity contribution in [3.8, 4) is 0 Å². The maximum atomic E-state index is 7.87. The summed E-state index contributed by atoms with van der Waals surface area (Å²) in [6.45, 7) is 2.00. The molecule has 0 radical (unpaired) electrons. The molecule has 1 unspecified atom stereocenters. The standard InChI is InChI=1S/C16H22ClNO/c1-12(17)13-6-5-7-14(10-13)16(8-3-4-9-16)11-15(18)19-2/h5-7,10,12,18H,3-4,8-9,11H2,1-2H3. The fourth-order valence-corrected chi connectivity index (χ4v) is 3.25. The monoisotopic (exact) mass is 279 g/mol. The van der Waals surface area contributed by atoms with Gasteiger partial charge in [0.25, 0.3) is 0 Å². The summed E-state index contributed by atoms with van der Waals surface area (Å²) in [5.41, 5.74) is 2.56. The molecule has 1 aliphatic rings. The van der Waals surface area contributed by atoms with Gasteiger partial charge in [-0.1, -0.05) is 37.1 Å². The van der Waals surface area contributed by atoms with Crippen molar-refractivity contribution in [3.05, 3.63) is 35.4 Å². The molecular formula is C16H22ClNO. The number of alkyl halides is 1. The second-order valence-electron chi connectivity index (χ2n) is 5.53. The average Bonchev–Trinajstić information content (AvgIpc) is 2.88. The predicted molar refractivity (Wildman–Crippen MR) is 80.2 cm³/mol. The van der Waals surface area contributed by atoms with Crippen molar-refractivity contribution in [2.45, 2.75) is 49.8 Å². The molecule has 104 valence electrons. The van der Waals surface area contributed by atoms with Crippen molar-refractivity contribution < 1.29 is 4.74 Å². The van der Waals surface area contributed by atoms with Crippen LogP contribution in [0.25, 0.3) is 0 Å². The van der Waals surface area contributed by atoms with Gasteiger partial charge in [0.2, 0.25) is 0 Å². The third-order valence-corrected chi connectivity index (χ3v) is 4.52. The second kappa shape index (κ2) is 5.96. The molecule has 0 heterocycles. The predicted octanol–water partition coefficient (Wildman–Crippen LogP) is 4.81. The summed E-state index contributed by atoms with van der Waals surface area (Å²) in [6, 6.07) is 8.55. The molecule has 1 saturated carbocycles. The molecule has 1 N–H and O–H groups in total. The van der Waals surface area contributed by atoms with Crippen LogP contribution in [-0.4, -0.2) is 13.0 Å². The molecule has 2 nitrogen and oxygen atoms in total. The maximum Gasteiger partial charge on any atom is 0.180 e. The molecular weight excluding hydrogens is 258 g/mol. The van der Waals surface area contributed by atoms with Crippen LogP contribution >= 0.6 is 11.6 Å². The Morgan fingerprint density at radius 2 is 2.11 bits per heavy atom. The zero-order valence-corrected chi connectivity index (χ0v) is 12.5. The van der Waals surface area contributed by atoms with E-state index in [0.717, 1.165) is 18.4 Å². The maximum absolute atomic E-state index is 7.87. The summed E-state index contributed by atoms with van der Waals surface area (Å²) in [6.07, 6.45) is 5.44. The highest BCUT2D eigenvalue weighted by Crippen LogP contribution is 2.44. The van der Waals surface area contributed by atoms with Gasteiger partial charge in [-0.25, -0.2) is 0 Å². The highest BCUT2D eigenvalue weighted by Gasteiger charge is 2.37. The van der Waals surface area contributed by atoms with Crippen molar-refractivity contribution in [1.29, 1.82) is 5.41 Å². The normalized spacial score (nSPS) is 19.1. The first-order chi connectivity index (χ1) is 9.07. The lowest BCUT2D eigenvalue weighted by Gasteiger charge is -2.30. The van der Waals surface area contributed by atoms with E-state index in [1.165, 1.54) is 18.4 Å². The van der Waals surface area contributed by atoms with E-state index in [1.807, 2.05) is 6.92 Å². The van der Waals surface area contributed by atoms with Crippen molar-refractivity contribution in [2.24, 2.45) is 0 Å². The van der Waals surface area contributed by atoms with Crippen LogP contribution in [0.5, 0.6) is 0 Å². The molecule has 2 rings (SSSR count). The van der Waals surface area contributed by atoms with E-state index >= 15 is 0 Å². The number of hydrogen-bond acceptors (Lipinski definition) is 2. The quantitative estimate of drug-likeness (QED) is 0.479. The van der Waals surface area contributed by atoms with Gasteiger partial charge in [0, 0.05) is 11.8 Å². The number of nitrogens with one attached hydrogen (secondary N) is 1. The Morgan fingerprint density at radius 3 is 2.68 bits per heavy atom. The van der Waals surface area contributed by atoms with Gasteiger partial charge in [-0.15, -0.1) is 11.6 Å². The van der Waals surface area contributed by atoms with E-state index in [9.17, 15) is 0 Å². The first kappa shape index (κ1) is 14.4. The number of methoxy groups -OCH3 is 1. The van der Waals surface area contributed by atoms with Gasteiger partial charge < -0.3 is 4.74 Å². The number of benzene rings is 1. The Hall–Kier alpha value is -1.02. The molecule has 0 spiro atoms. The minimum atomic E-state index is 0.0280. The second-order valence-corrected chi connectivity index (χ2v) is 6.19. The SMILES string of the molecule is COC(=N)CC1(c2cccc(C(C)Cl)c2)CCCC1. The van der Waals surface area contributed by atoms with Gasteiger partial charge in [-0.05, 0) is 30.9 Å². The van der Waals surface area contributed by atoms with Gasteiger partial charge in [0.15, 0.2) is 5.90 Å². The number of hydrogen-bond donors (Lipinski definition) is 1. The largest absolute Gasteiger partial charge is 0.484 e. The molecule has 3 heteroatoms. The summed E-state index contributed by atoms with van der Waals surface area (Å²) >= 11 is 6.19. The van der Waals surface area contributed by atoms with E-state index in [-0.39, 0.29) is 10.8 Å². The first-order valence-corrected chi connectivity index (χ1v) is 7.37. The van der Waals surface area contributed by atoms with E-state index in [4.69, 9.17) is 21.7 Å². The Kier molecular flexibility index (Phi) is 4.51. The van der Waals surface area contributed by atoms with E-state index in [0.29, 0.717) is 12.3 Å². The van der Waals surface area contributed by atoms with Gasteiger partial charge in [-0.3, -0.25) is 5.41 Å². The van der Waals surface area contributed by atoms with Crippen molar-refractivity contribution in [3.63, 3.8) is 0 Å². The Bertz CT molecular complexity index is 450. The highest BCUT2D eigenvalue weighted by molar-refractivity contribution is 6.20. The smallest absolute Gasteiger partial charge is 0.180 e. The summed E-state index contributed by atoms with van der Waals surface area (Å²) in [5, 5.41) is 7.89. The fourth-order valence-electron chi connectivity index (χ4n) is 3.11. The van der Waals surface area contributed by atoms with Crippen LogP contribution in [0.3, 0.4) is 0 Å². The molecule has 0 saturated heterocycles. The minimum absolute atomic E-state index is 0.0280. The number of halogens is 1. The van der Waals surface area contributed by atoms with Crippen LogP contribution in [0.4, 0.5) is 0 Å². The van der Waals surface area contributed by atoms with Crippen molar-refractivity contribution in [2.75, 3.05) is 7.11 Å². The van der Waals surface area contributed by atoms with Crippen LogP contribution in [0.2, 0.25) is 0 Å². The molecule has 1 aliphatic carbocycles. The van der Waals surface area contributed by atoms with Crippen LogP contribution in [0.15, 0.2) is 24.3 Å². The molecule has 0 amide bonds. The number of ether oxygens (including phenoxy) is 1. The lowest BCUT2D eigenvalue weighted by Crippen LogP contribution is -2.26. The zero-order chi connectivity index (χ0) is 13.9. The van der Waals surface area contributed by atoms with Gasteiger partial charge in [-0.2, -0.15) is 0 Å². The van der Waals surface area contributed by atoms with Crippen LogP contribution < -0.4 is 0 Å². The Morgan fingerprint density at radius 1 is 1.42 bits per heavy atom. The molecule has 1 fully saturated rings. The molecule has 1 aromatic rings. The molecule has 1 atom stereocenters. The summed E-state index contributed by atoms with van der Waals surface area (Å²) < 4.78 is 5.09. The molecule has 1 aromatic carbocycles. The molecule has 0 aromatic heterocycles. The van der Waals surface area contributed by atoms with Crippen LogP contribution in [0.1, 0.15) is 55.5 Å². The third kappa shape index (κ3) is 3.11. The van der Waals surface area contributed by atoms with Crippen molar-refractivity contribution >= 4 is 17.5 Å².